The zero-order chi connectivity index (χ0) is 17.3. The van der Waals surface area contributed by atoms with Gasteiger partial charge in [-0.25, -0.2) is 0 Å². The summed E-state index contributed by atoms with van der Waals surface area (Å²) in [5.74, 6) is -2.55. The number of para-hydroxylation sites is 1. The summed E-state index contributed by atoms with van der Waals surface area (Å²) in [6.07, 6.45) is -5.00. The lowest BCUT2D eigenvalue weighted by Gasteiger charge is -2.11. The Morgan fingerprint density at radius 3 is 2.33 bits per heavy atom. The molecule has 1 amide bonds. The molecular weight excluding hydrogens is 339 g/mol. The number of hydrogen-bond donors (Lipinski definition) is 1. The lowest BCUT2D eigenvalue weighted by Crippen LogP contribution is -2.24. The number of thiophene rings is 1. The Morgan fingerprint density at radius 1 is 0.958 bits per heavy atom. The molecule has 1 N–H and O–H groups in total. The van der Waals surface area contributed by atoms with Crippen LogP contribution in [0.4, 0.5) is 18.9 Å². The van der Waals surface area contributed by atoms with Crippen LogP contribution < -0.4 is 5.32 Å². The maximum absolute atomic E-state index is 12.7. The van der Waals surface area contributed by atoms with Crippen molar-refractivity contribution in [3.63, 3.8) is 0 Å². The molecule has 2 aromatic carbocycles. The Balaban J connectivity index is 1.91. The molecule has 0 aliphatic heterocycles. The van der Waals surface area contributed by atoms with E-state index in [4.69, 9.17) is 0 Å². The van der Waals surface area contributed by atoms with Crippen LogP contribution in [0.2, 0.25) is 0 Å². The van der Waals surface area contributed by atoms with Gasteiger partial charge in [-0.05, 0) is 29.7 Å². The van der Waals surface area contributed by atoms with Crippen LogP contribution in [0, 0.1) is 0 Å². The molecule has 0 unspecified atom stereocenters. The molecule has 0 bridgehead atoms. The zero-order valence-electron chi connectivity index (χ0n) is 12.1. The minimum atomic E-state index is -5.00. The second-order valence-electron chi connectivity index (χ2n) is 4.98. The molecule has 0 saturated heterocycles. The van der Waals surface area contributed by atoms with Gasteiger partial charge in [-0.3, -0.25) is 9.59 Å². The third-order valence-corrected chi connectivity index (χ3v) is 4.44. The van der Waals surface area contributed by atoms with E-state index in [2.05, 4.69) is 5.32 Å². The molecule has 7 heteroatoms. The summed E-state index contributed by atoms with van der Waals surface area (Å²) in [7, 11) is 0. The fraction of sp³-hybridized carbons (Fsp3) is 0.0588. The average molecular weight is 349 g/mol. The van der Waals surface area contributed by atoms with E-state index >= 15 is 0 Å². The Morgan fingerprint density at radius 2 is 1.62 bits per heavy atom. The lowest BCUT2D eigenvalue weighted by molar-refractivity contribution is -0.0884. The molecule has 122 valence electrons. The van der Waals surface area contributed by atoms with Gasteiger partial charge in [-0.2, -0.15) is 13.2 Å². The van der Waals surface area contributed by atoms with Crippen molar-refractivity contribution in [2.45, 2.75) is 6.18 Å². The zero-order valence-corrected chi connectivity index (χ0v) is 12.9. The van der Waals surface area contributed by atoms with Crippen molar-refractivity contribution >= 4 is 38.8 Å². The van der Waals surface area contributed by atoms with Gasteiger partial charge in [0.05, 0.1) is 16.1 Å². The van der Waals surface area contributed by atoms with Crippen molar-refractivity contribution < 1.29 is 22.8 Å². The number of hydrogen-bond acceptors (Lipinski definition) is 3. The summed E-state index contributed by atoms with van der Waals surface area (Å²) in [4.78, 5) is 24.1. The van der Waals surface area contributed by atoms with Crippen LogP contribution in [0.5, 0.6) is 0 Å². The Kier molecular flexibility index (Phi) is 4.11. The van der Waals surface area contributed by atoms with Gasteiger partial charge in [0, 0.05) is 4.70 Å². The number of rotatable bonds is 3. The maximum Gasteiger partial charge on any atom is 0.454 e. The summed E-state index contributed by atoms with van der Waals surface area (Å²) < 4.78 is 38.9. The molecule has 24 heavy (non-hydrogen) atoms. The van der Waals surface area contributed by atoms with Crippen LogP contribution in [0.3, 0.4) is 0 Å². The topological polar surface area (TPSA) is 46.2 Å². The van der Waals surface area contributed by atoms with Crippen LogP contribution in [-0.4, -0.2) is 17.9 Å². The first-order valence-corrected chi connectivity index (χ1v) is 7.68. The fourth-order valence-electron chi connectivity index (χ4n) is 2.22. The van der Waals surface area contributed by atoms with E-state index in [0.717, 1.165) is 16.2 Å². The third kappa shape index (κ3) is 3.16. The number of carbonyl (C=O) groups excluding carboxylic acids is 2. The van der Waals surface area contributed by atoms with E-state index in [0.29, 0.717) is 4.88 Å². The van der Waals surface area contributed by atoms with Crippen LogP contribution in [0.25, 0.3) is 10.1 Å². The highest BCUT2D eigenvalue weighted by molar-refractivity contribution is 7.20. The van der Waals surface area contributed by atoms with Gasteiger partial charge in [0.25, 0.3) is 11.7 Å². The van der Waals surface area contributed by atoms with Gasteiger partial charge in [0.2, 0.25) is 0 Å². The van der Waals surface area contributed by atoms with Gasteiger partial charge < -0.3 is 5.32 Å². The molecule has 3 nitrogen and oxygen atoms in total. The normalized spacial score (nSPS) is 11.5. The van der Waals surface area contributed by atoms with Gasteiger partial charge in [-0.1, -0.05) is 30.3 Å². The molecule has 0 atom stereocenters. The predicted molar refractivity (Wildman–Crippen MR) is 86.6 cm³/mol. The summed E-state index contributed by atoms with van der Waals surface area (Å²) in [5.41, 5.74) is -0.748. The Bertz CT molecular complexity index is 898. The van der Waals surface area contributed by atoms with E-state index in [1.165, 1.54) is 29.5 Å². The van der Waals surface area contributed by atoms with Crippen LogP contribution in [-0.2, 0) is 0 Å². The lowest BCUT2D eigenvalue weighted by atomic mass is 10.1. The summed E-state index contributed by atoms with van der Waals surface area (Å²) >= 11 is 1.23. The molecule has 0 fully saturated rings. The smallest absolute Gasteiger partial charge is 0.321 e. The van der Waals surface area contributed by atoms with Crippen molar-refractivity contribution in [2.75, 3.05) is 5.32 Å². The van der Waals surface area contributed by atoms with E-state index in [9.17, 15) is 22.8 Å². The minimum absolute atomic E-state index is 0.165. The first kappa shape index (κ1) is 16.2. The van der Waals surface area contributed by atoms with Gasteiger partial charge in [0.15, 0.2) is 0 Å². The standard InChI is InChI=1S/C17H10F3NO2S/c18-17(19,20)15(22)11-6-2-3-7-12(11)21-16(23)14-9-10-5-1-4-8-13(10)24-14/h1-9H,(H,21,23). The average Bonchev–Trinajstić information content (AvgIpc) is 2.98. The van der Waals surface area contributed by atoms with Gasteiger partial charge in [0.1, 0.15) is 0 Å². The number of anilines is 1. The quantitative estimate of drug-likeness (QED) is 0.684. The maximum atomic E-state index is 12.7. The molecule has 0 radical (unpaired) electrons. The molecule has 0 aliphatic carbocycles. The number of benzene rings is 2. The van der Waals surface area contributed by atoms with Crippen molar-refractivity contribution in [3.8, 4) is 0 Å². The number of halogens is 3. The molecule has 0 aliphatic rings. The predicted octanol–water partition coefficient (Wildman–Crippen LogP) is 4.90. The first-order chi connectivity index (χ1) is 11.4. The number of nitrogens with one attached hydrogen (secondary N) is 1. The van der Waals surface area contributed by atoms with Crippen molar-refractivity contribution in [2.24, 2.45) is 0 Å². The van der Waals surface area contributed by atoms with Crippen LogP contribution in [0.1, 0.15) is 20.0 Å². The van der Waals surface area contributed by atoms with E-state index in [1.807, 2.05) is 24.3 Å². The SMILES string of the molecule is O=C(Nc1ccccc1C(=O)C(F)(F)F)c1cc2ccccc2s1. The fourth-order valence-corrected chi connectivity index (χ4v) is 3.18. The largest absolute Gasteiger partial charge is 0.454 e. The summed E-state index contributed by atoms with van der Waals surface area (Å²) in [5, 5.41) is 3.26. The molecule has 0 spiro atoms. The molecule has 0 saturated carbocycles. The number of fused-ring (bicyclic) bond motifs is 1. The van der Waals surface area contributed by atoms with Crippen LogP contribution >= 0.6 is 11.3 Å². The second kappa shape index (κ2) is 6.09. The highest BCUT2D eigenvalue weighted by atomic mass is 32.1. The van der Waals surface area contributed by atoms with E-state index in [1.54, 1.807) is 6.07 Å². The molecule has 3 aromatic rings. The van der Waals surface area contributed by atoms with Crippen molar-refractivity contribution in [3.05, 3.63) is 65.0 Å². The summed E-state index contributed by atoms with van der Waals surface area (Å²) in [6, 6.07) is 14.1. The molecule has 3 rings (SSSR count). The van der Waals surface area contributed by atoms with Crippen molar-refractivity contribution in [1.29, 1.82) is 0 Å². The first-order valence-electron chi connectivity index (χ1n) is 6.87. The highest BCUT2D eigenvalue weighted by Gasteiger charge is 2.40. The van der Waals surface area contributed by atoms with Crippen LogP contribution in [0.15, 0.2) is 54.6 Å². The third-order valence-electron chi connectivity index (χ3n) is 3.33. The molecule has 1 heterocycles. The Labute approximate surface area is 138 Å². The molecular formula is C17H10F3NO2S. The number of alkyl halides is 3. The van der Waals surface area contributed by atoms with Gasteiger partial charge >= 0.3 is 6.18 Å². The monoisotopic (exact) mass is 349 g/mol. The number of ketones is 1. The number of amides is 1. The van der Waals surface area contributed by atoms with Gasteiger partial charge in [-0.15, -0.1) is 11.3 Å². The summed E-state index contributed by atoms with van der Waals surface area (Å²) in [6.45, 7) is 0. The number of Topliss-reactive ketones (excluding diaryl/α,β-unsaturated/α-hetero) is 1. The van der Waals surface area contributed by atoms with E-state index in [-0.39, 0.29) is 5.69 Å². The van der Waals surface area contributed by atoms with Crippen molar-refractivity contribution in [1.82, 2.24) is 0 Å². The Hall–Kier alpha value is -2.67. The minimum Gasteiger partial charge on any atom is -0.321 e. The number of carbonyl (C=O) groups is 2. The van der Waals surface area contributed by atoms with E-state index < -0.39 is 23.4 Å². The second-order valence-corrected chi connectivity index (χ2v) is 6.06. The molecule has 1 aromatic heterocycles. The highest BCUT2D eigenvalue weighted by Crippen LogP contribution is 2.29.